The van der Waals surface area contributed by atoms with Gasteiger partial charge >= 0.3 is 0 Å². The van der Waals surface area contributed by atoms with Crippen LogP contribution in [0.1, 0.15) is 31.2 Å². The van der Waals surface area contributed by atoms with Crippen LogP contribution < -0.4 is 10.6 Å². The van der Waals surface area contributed by atoms with Crippen LogP contribution in [0.3, 0.4) is 0 Å². The Kier molecular flexibility index (Phi) is 4.46. The van der Waals surface area contributed by atoms with Crippen molar-refractivity contribution in [3.63, 3.8) is 0 Å². The Morgan fingerprint density at radius 1 is 1.27 bits per heavy atom. The predicted molar refractivity (Wildman–Crippen MR) is 83.5 cm³/mol. The molecule has 2 aliphatic rings. The molecule has 1 heterocycles. The van der Waals surface area contributed by atoms with Gasteiger partial charge in [-0.1, -0.05) is 0 Å². The largest absolute Gasteiger partial charge is 0.368 e. The lowest BCUT2D eigenvalue weighted by molar-refractivity contribution is -0.156. The summed E-state index contributed by atoms with van der Waals surface area (Å²) in [7, 11) is 1.15. The topological polar surface area (TPSA) is 72.6 Å². The highest BCUT2D eigenvalue weighted by molar-refractivity contribution is 6.10. The highest BCUT2D eigenvalue weighted by Gasteiger charge is 2.60. The molecule has 0 spiro atoms. The Balaban J connectivity index is 2.16. The van der Waals surface area contributed by atoms with E-state index in [9.17, 15) is 27.2 Å². The number of alkyl halides is 2. The molecule has 9 heteroatoms. The van der Waals surface area contributed by atoms with Gasteiger partial charge in [0.25, 0.3) is 5.91 Å². The lowest BCUT2D eigenvalue weighted by atomic mass is 9.72. The first-order chi connectivity index (χ1) is 12.1. The quantitative estimate of drug-likeness (QED) is 0.823. The van der Waals surface area contributed by atoms with E-state index >= 15 is 0 Å². The van der Waals surface area contributed by atoms with Crippen LogP contribution in [0.4, 0.5) is 23.2 Å². The van der Waals surface area contributed by atoms with Gasteiger partial charge in [0.15, 0.2) is 5.60 Å². The zero-order chi connectivity index (χ0) is 19.3. The number of hydrogen-bond acceptors (Lipinski definition) is 3. The van der Waals surface area contributed by atoms with Crippen molar-refractivity contribution in [2.24, 2.45) is 11.7 Å². The third-order valence-electron chi connectivity index (χ3n) is 5.21. The van der Waals surface area contributed by atoms with E-state index in [2.05, 4.69) is 0 Å². The number of fused-ring (bicyclic) bond motifs is 1. The zero-order valence-electron chi connectivity index (χ0n) is 14.0. The number of ether oxygens (including phenoxy) is 1. The maximum atomic E-state index is 14.7. The summed E-state index contributed by atoms with van der Waals surface area (Å²) in [6, 6.07) is 1.68. The fraction of sp³-hybridized carbons (Fsp3) is 0.529. The first kappa shape index (κ1) is 18.6. The second kappa shape index (κ2) is 6.22. The lowest BCUT2D eigenvalue weighted by Crippen LogP contribution is -2.50. The lowest BCUT2D eigenvalue weighted by Gasteiger charge is -2.39. The minimum atomic E-state index is -2.87. The van der Waals surface area contributed by atoms with Crippen LogP contribution in [0.25, 0.3) is 0 Å². The summed E-state index contributed by atoms with van der Waals surface area (Å²) in [6.45, 7) is -0.666. The number of nitrogens with zero attached hydrogens (tertiary/aromatic N) is 1. The first-order valence-corrected chi connectivity index (χ1v) is 8.16. The van der Waals surface area contributed by atoms with E-state index in [0.29, 0.717) is 0 Å². The molecule has 1 aromatic rings. The summed E-state index contributed by atoms with van der Waals surface area (Å²) in [4.78, 5) is 25.2. The number of anilines is 1. The van der Waals surface area contributed by atoms with Crippen LogP contribution in [0.5, 0.6) is 0 Å². The van der Waals surface area contributed by atoms with Gasteiger partial charge in [-0.05, 0) is 25.0 Å². The van der Waals surface area contributed by atoms with Gasteiger partial charge in [0.1, 0.15) is 18.2 Å². The number of hydrogen-bond donors (Lipinski definition) is 1. The van der Waals surface area contributed by atoms with Gasteiger partial charge in [-0.15, -0.1) is 0 Å². The molecule has 1 aliphatic carbocycles. The van der Waals surface area contributed by atoms with Crippen molar-refractivity contribution in [2.45, 2.75) is 37.2 Å². The summed E-state index contributed by atoms with van der Waals surface area (Å²) in [5.41, 5.74) is 2.39. The number of rotatable bonds is 4. The molecular formula is C17H18F4N2O3. The number of primary amides is 1. The Bertz CT molecular complexity index is 761. The fourth-order valence-electron chi connectivity index (χ4n) is 4.06. The van der Waals surface area contributed by atoms with E-state index in [4.69, 9.17) is 10.5 Å². The van der Waals surface area contributed by atoms with Crippen molar-refractivity contribution in [1.29, 1.82) is 0 Å². The van der Waals surface area contributed by atoms with Gasteiger partial charge in [-0.2, -0.15) is 0 Å². The Labute approximate surface area is 147 Å². The minimum absolute atomic E-state index is 0.105. The number of amides is 2. The summed E-state index contributed by atoms with van der Waals surface area (Å²) in [6.07, 6.45) is -1.19. The van der Waals surface area contributed by atoms with Crippen LogP contribution in [-0.4, -0.2) is 31.4 Å². The number of methoxy groups -OCH3 is 1. The van der Waals surface area contributed by atoms with Gasteiger partial charge in [0.05, 0.1) is 11.3 Å². The molecule has 5 nitrogen and oxygen atoms in total. The smallest absolute Gasteiger partial charge is 0.264 e. The second-order valence-electron chi connectivity index (χ2n) is 6.68. The molecule has 0 bridgehead atoms. The van der Waals surface area contributed by atoms with Crippen LogP contribution >= 0.6 is 0 Å². The van der Waals surface area contributed by atoms with Crippen molar-refractivity contribution in [3.05, 3.63) is 29.3 Å². The maximum Gasteiger partial charge on any atom is 0.264 e. The number of nitrogens with two attached hydrogens (primary N) is 1. The van der Waals surface area contributed by atoms with Crippen LogP contribution in [0, 0.1) is 17.6 Å². The Morgan fingerprint density at radius 3 is 2.38 bits per heavy atom. The van der Waals surface area contributed by atoms with Crippen LogP contribution in [0.15, 0.2) is 12.1 Å². The molecule has 3 rings (SSSR count). The number of benzene rings is 1. The minimum Gasteiger partial charge on any atom is -0.368 e. The zero-order valence-corrected chi connectivity index (χ0v) is 14.0. The normalized spacial score (nSPS) is 25.4. The summed E-state index contributed by atoms with van der Waals surface area (Å²) in [5.74, 6) is -7.27. The molecule has 0 aromatic heterocycles. The SMILES string of the molecule is CO[C@]1(C2CCC(F)(F)CC2)C(=O)N(CC(N)=O)c2c(F)ccc(F)c21. The molecule has 1 aromatic carbocycles. The van der Waals surface area contributed by atoms with Crippen molar-refractivity contribution in [3.8, 4) is 0 Å². The third-order valence-corrected chi connectivity index (χ3v) is 5.21. The predicted octanol–water partition coefficient (Wildman–Crippen LogP) is 2.46. The number of carbonyl (C=O) groups is 2. The molecule has 0 saturated heterocycles. The molecule has 0 radical (unpaired) electrons. The molecule has 1 saturated carbocycles. The highest BCUT2D eigenvalue weighted by atomic mass is 19.3. The third kappa shape index (κ3) is 2.65. The van der Waals surface area contributed by atoms with E-state index in [1.807, 2.05) is 0 Å². The van der Waals surface area contributed by atoms with Crippen LogP contribution in [-0.2, 0) is 19.9 Å². The van der Waals surface area contributed by atoms with E-state index in [1.54, 1.807) is 0 Å². The molecule has 142 valence electrons. The van der Waals surface area contributed by atoms with Crippen molar-refractivity contribution in [1.82, 2.24) is 0 Å². The van der Waals surface area contributed by atoms with Gasteiger partial charge < -0.3 is 10.5 Å². The highest BCUT2D eigenvalue weighted by Crippen LogP contribution is 2.54. The van der Waals surface area contributed by atoms with Crippen LogP contribution in [0.2, 0.25) is 0 Å². The maximum absolute atomic E-state index is 14.7. The standard InChI is InChI=1S/C17H18F4N2O3/c1-26-17(9-4-6-16(20,21)7-5-9)13-10(18)2-3-11(19)14(13)23(15(17)25)8-12(22)24/h2-3,9H,4-8H2,1H3,(H2,22,24)/t17-/m0/s1. The van der Waals surface area contributed by atoms with Gasteiger partial charge in [-0.25, -0.2) is 17.6 Å². The molecule has 0 unspecified atom stereocenters. The van der Waals surface area contributed by atoms with E-state index in [-0.39, 0.29) is 18.4 Å². The van der Waals surface area contributed by atoms with Gasteiger partial charge in [0.2, 0.25) is 11.8 Å². The summed E-state index contributed by atoms with van der Waals surface area (Å²) in [5, 5.41) is 0. The average molecular weight is 374 g/mol. The van der Waals surface area contributed by atoms with E-state index < -0.39 is 66.0 Å². The molecule has 2 N–H and O–H groups in total. The van der Waals surface area contributed by atoms with Crippen molar-refractivity contribution in [2.75, 3.05) is 18.6 Å². The number of halogens is 4. The molecule has 1 atom stereocenters. The monoisotopic (exact) mass is 374 g/mol. The molecular weight excluding hydrogens is 356 g/mol. The van der Waals surface area contributed by atoms with Crippen molar-refractivity contribution >= 4 is 17.5 Å². The first-order valence-electron chi connectivity index (χ1n) is 8.16. The molecule has 1 aliphatic heterocycles. The summed E-state index contributed by atoms with van der Waals surface area (Å²) < 4.78 is 61.6. The van der Waals surface area contributed by atoms with Gasteiger partial charge in [-0.3, -0.25) is 14.5 Å². The second-order valence-corrected chi connectivity index (χ2v) is 6.68. The Hall–Kier alpha value is -2.16. The molecule has 2 amide bonds. The van der Waals surface area contributed by atoms with Gasteiger partial charge in [0, 0.05) is 25.9 Å². The molecule has 1 fully saturated rings. The fourth-order valence-corrected chi connectivity index (χ4v) is 4.06. The van der Waals surface area contributed by atoms with E-state index in [0.717, 1.165) is 24.1 Å². The molecule has 26 heavy (non-hydrogen) atoms. The number of carbonyl (C=O) groups excluding carboxylic acids is 2. The average Bonchev–Trinajstić information content (AvgIpc) is 2.82. The van der Waals surface area contributed by atoms with E-state index in [1.165, 1.54) is 0 Å². The summed E-state index contributed by atoms with van der Waals surface area (Å²) >= 11 is 0. The van der Waals surface area contributed by atoms with Crippen molar-refractivity contribution < 1.29 is 31.9 Å². The Morgan fingerprint density at radius 2 is 1.85 bits per heavy atom.